The average molecular weight is 346 g/mol. The summed E-state index contributed by atoms with van der Waals surface area (Å²) in [7, 11) is 3.28. The molecular weight excluding hydrogens is 324 g/mol. The number of hydrogen-bond acceptors (Lipinski definition) is 4. The van der Waals surface area contributed by atoms with E-state index in [1.165, 1.54) is 0 Å². The van der Waals surface area contributed by atoms with Gasteiger partial charge in [-0.25, -0.2) is 0 Å². The standard InChI is InChI=1S/C18H22N2O3S/c1-21-15-9-7-14(8-10-15)13-20-18(24)19-11-12-23-17-6-4-3-5-16(17)22-2/h3-10H,11-13H2,1-2H3,(H2,19,20,24). The molecule has 0 bridgehead atoms. The van der Waals surface area contributed by atoms with Crippen molar-refractivity contribution >= 4 is 17.3 Å². The monoisotopic (exact) mass is 346 g/mol. The second-order valence-electron chi connectivity index (χ2n) is 4.96. The maximum Gasteiger partial charge on any atom is 0.166 e. The largest absolute Gasteiger partial charge is 0.497 e. The summed E-state index contributed by atoms with van der Waals surface area (Å²) in [4.78, 5) is 0. The Morgan fingerprint density at radius 1 is 0.917 bits per heavy atom. The summed E-state index contributed by atoms with van der Waals surface area (Å²) in [5, 5.41) is 6.86. The molecule has 0 amide bonds. The summed E-state index contributed by atoms with van der Waals surface area (Å²) < 4.78 is 16.0. The molecule has 2 aromatic rings. The first-order valence-corrected chi connectivity index (χ1v) is 8.04. The maximum atomic E-state index is 5.68. The quantitative estimate of drug-likeness (QED) is 0.566. The second kappa shape index (κ2) is 9.62. The van der Waals surface area contributed by atoms with Gasteiger partial charge in [0.2, 0.25) is 0 Å². The molecule has 0 radical (unpaired) electrons. The molecule has 0 aliphatic carbocycles. The number of para-hydroxylation sites is 2. The van der Waals surface area contributed by atoms with E-state index in [2.05, 4.69) is 10.6 Å². The topological polar surface area (TPSA) is 51.8 Å². The van der Waals surface area contributed by atoms with Gasteiger partial charge in [-0.15, -0.1) is 0 Å². The Labute approximate surface area is 147 Å². The molecule has 0 aliphatic heterocycles. The number of benzene rings is 2. The molecule has 0 aromatic heterocycles. The van der Waals surface area contributed by atoms with Gasteiger partial charge in [0.25, 0.3) is 0 Å². The molecule has 0 spiro atoms. The van der Waals surface area contributed by atoms with Gasteiger partial charge in [0.15, 0.2) is 16.6 Å². The van der Waals surface area contributed by atoms with Crippen LogP contribution in [0.15, 0.2) is 48.5 Å². The van der Waals surface area contributed by atoms with Gasteiger partial charge >= 0.3 is 0 Å². The van der Waals surface area contributed by atoms with E-state index >= 15 is 0 Å². The third kappa shape index (κ3) is 5.62. The summed E-state index contributed by atoms with van der Waals surface area (Å²) in [5.74, 6) is 2.28. The lowest BCUT2D eigenvalue weighted by Crippen LogP contribution is -2.37. The molecule has 5 nitrogen and oxygen atoms in total. The van der Waals surface area contributed by atoms with Gasteiger partial charge in [-0.1, -0.05) is 24.3 Å². The minimum atomic E-state index is 0.491. The molecular formula is C18H22N2O3S. The molecule has 2 rings (SSSR count). The van der Waals surface area contributed by atoms with Crippen LogP contribution in [0.2, 0.25) is 0 Å². The van der Waals surface area contributed by atoms with Crippen LogP contribution in [0.3, 0.4) is 0 Å². The zero-order chi connectivity index (χ0) is 17.2. The molecule has 6 heteroatoms. The van der Waals surface area contributed by atoms with Crippen molar-refractivity contribution in [3.8, 4) is 17.2 Å². The van der Waals surface area contributed by atoms with E-state index in [-0.39, 0.29) is 0 Å². The summed E-state index contributed by atoms with van der Waals surface area (Å²) >= 11 is 5.25. The van der Waals surface area contributed by atoms with E-state index in [1.54, 1.807) is 14.2 Å². The van der Waals surface area contributed by atoms with Gasteiger partial charge in [-0.3, -0.25) is 0 Å². The third-order valence-corrected chi connectivity index (χ3v) is 3.62. The highest BCUT2D eigenvalue weighted by Gasteiger charge is 2.02. The molecule has 0 fully saturated rings. The summed E-state index contributed by atoms with van der Waals surface area (Å²) in [5.41, 5.74) is 1.13. The van der Waals surface area contributed by atoms with E-state index in [4.69, 9.17) is 26.4 Å². The van der Waals surface area contributed by atoms with Crippen molar-refractivity contribution in [3.63, 3.8) is 0 Å². The van der Waals surface area contributed by atoms with Crippen molar-refractivity contribution < 1.29 is 14.2 Å². The fraction of sp³-hybridized carbons (Fsp3) is 0.278. The third-order valence-electron chi connectivity index (χ3n) is 3.33. The molecule has 0 aliphatic rings. The van der Waals surface area contributed by atoms with Crippen molar-refractivity contribution in [1.82, 2.24) is 10.6 Å². The van der Waals surface area contributed by atoms with Crippen LogP contribution in [0.5, 0.6) is 17.2 Å². The van der Waals surface area contributed by atoms with Gasteiger partial charge in [-0.05, 0) is 42.0 Å². The smallest absolute Gasteiger partial charge is 0.166 e. The molecule has 0 atom stereocenters. The fourth-order valence-corrected chi connectivity index (χ4v) is 2.23. The van der Waals surface area contributed by atoms with Gasteiger partial charge in [0.05, 0.1) is 20.8 Å². The van der Waals surface area contributed by atoms with Crippen LogP contribution in [0.4, 0.5) is 0 Å². The van der Waals surface area contributed by atoms with Crippen molar-refractivity contribution in [2.45, 2.75) is 6.54 Å². The van der Waals surface area contributed by atoms with E-state index in [1.807, 2.05) is 48.5 Å². The predicted molar refractivity (Wildman–Crippen MR) is 98.9 cm³/mol. The first-order valence-electron chi connectivity index (χ1n) is 7.63. The SMILES string of the molecule is COc1ccc(CNC(=S)NCCOc2ccccc2OC)cc1. The summed E-state index contributed by atoms with van der Waals surface area (Å²) in [6.07, 6.45) is 0. The Morgan fingerprint density at radius 3 is 2.29 bits per heavy atom. The van der Waals surface area contributed by atoms with Crippen LogP contribution in [-0.2, 0) is 6.54 Å². The fourth-order valence-electron chi connectivity index (χ4n) is 2.05. The molecule has 2 aromatic carbocycles. The lowest BCUT2D eigenvalue weighted by Gasteiger charge is -2.13. The predicted octanol–water partition coefficient (Wildman–Crippen LogP) is 2.75. The zero-order valence-corrected chi connectivity index (χ0v) is 14.7. The number of methoxy groups -OCH3 is 2. The summed E-state index contributed by atoms with van der Waals surface area (Å²) in [6, 6.07) is 15.4. The second-order valence-corrected chi connectivity index (χ2v) is 5.37. The molecule has 0 unspecified atom stereocenters. The molecule has 0 heterocycles. The number of nitrogens with one attached hydrogen (secondary N) is 2. The lowest BCUT2D eigenvalue weighted by atomic mass is 10.2. The van der Waals surface area contributed by atoms with Gasteiger partial charge in [0.1, 0.15) is 12.4 Å². The molecule has 2 N–H and O–H groups in total. The van der Waals surface area contributed by atoms with Crippen molar-refractivity contribution in [2.24, 2.45) is 0 Å². The van der Waals surface area contributed by atoms with Gasteiger partial charge in [0, 0.05) is 6.54 Å². The summed E-state index contributed by atoms with van der Waals surface area (Å²) in [6.45, 7) is 1.75. The number of thiocarbonyl (C=S) groups is 1. The molecule has 24 heavy (non-hydrogen) atoms. The van der Waals surface area contributed by atoms with Gasteiger partial charge in [-0.2, -0.15) is 0 Å². The number of hydrogen-bond donors (Lipinski definition) is 2. The molecule has 0 saturated heterocycles. The van der Waals surface area contributed by atoms with Crippen LogP contribution in [-0.4, -0.2) is 32.5 Å². The number of rotatable bonds is 8. The first-order chi connectivity index (χ1) is 11.7. The molecule has 128 valence electrons. The van der Waals surface area contributed by atoms with Gasteiger partial charge < -0.3 is 24.8 Å². The van der Waals surface area contributed by atoms with Crippen LogP contribution in [0.1, 0.15) is 5.56 Å². The Balaban J connectivity index is 1.66. The highest BCUT2D eigenvalue weighted by molar-refractivity contribution is 7.80. The lowest BCUT2D eigenvalue weighted by molar-refractivity contribution is 0.298. The number of ether oxygens (including phenoxy) is 3. The van der Waals surface area contributed by atoms with E-state index in [0.29, 0.717) is 24.8 Å². The minimum Gasteiger partial charge on any atom is -0.497 e. The van der Waals surface area contributed by atoms with Crippen LogP contribution >= 0.6 is 12.2 Å². The Bertz CT molecular complexity index is 647. The Kier molecular flexibility index (Phi) is 7.17. The van der Waals surface area contributed by atoms with E-state index < -0.39 is 0 Å². The highest BCUT2D eigenvalue weighted by atomic mass is 32.1. The van der Waals surface area contributed by atoms with Crippen molar-refractivity contribution in [2.75, 3.05) is 27.4 Å². The van der Waals surface area contributed by atoms with Crippen LogP contribution in [0.25, 0.3) is 0 Å². The van der Waals surface area contributed by atoms with Crippen LogP contribution in [0, 0.1) is 0 Å². The first kappa shape index (κ1) is 17.9. The highest BCUT2D eigenvalue weighted by Crippen LogP contribution is 2.25. The Morgan fingerprint density at radius 2 is 1.62 bits per heavy atom. The zero-order valence-electron chi connectivity index (χ0n) is 13.9. The van der Waals surface area contributed by atoms with Crippen molar-refractivity contribution in [3.05, 3.63) is 54.1 Å². The van der Waals surface area contributed by atoms with Crippen LogP contribution < -0.4 is 24.8 Å². The van der Waals surface area contributed by atoms with E-state index in [9.17, 15) is 0 Å². The molecule has 0 saturated carbocycles. The van der Waals surface area contributed by atoms with E-state index in [0.717, 1.165) is 22.8 Å². The minimum absolute atomic E-state index is 0.491. The normalized spacial score (nSPS) is 9.92. The Hall–Kier alpha value is -2.47. The average Bonchev–Trinajstić information content (AvgIpc) is 2.64. The van der Waals surface area contributed by atoms with Crippen molar-refractivity contribution in [1.29, 1.82) is 0 Å². The maximum absolute atomic E-state index is 5.68.